The number of alkyl halides is 3. The molecular formula is C14H16F3N3O. The average molecular weight is 299 g/mol. The van der Waals surface area contributed by atoms with Gasteiger partial charge in [0, 0.05) is 18.3 Å². The zero-order chi connectivity index (χ0) is 15.6. The first kappa shape index (κ1) is 15.4. The highest BCUT2D eigenvalue weighted by Crippen LogP contribution is 2.29. The Hall–Kier alpha value is -2.02. The van der Waals surface area contributed by atoms with Crippen molar-refractivity contribution in [3.63, 3.8) is 0 Å². The molecule has 1 heterocycles. The van der Waals surface area contributed by atoms with Crippen LogP contribution in [-0.2, 0) is 7.05 Å². The van der Waals surface area contributed by atoms with Gasteiger partial charge >= 0.3 is 6.36 Å². The van der Waals surface area contributed by atoms with E-state index in [2.05, 4.69) is 15.2 Å². The van der Waals surface area contributed by atoms with Gasteiger partial charge in [-0.25, -0.2) is 0 Å². The van der Waals surface area contributed by atoms with Crippen LogP contribution < -0.4 is 10.1 Å². The van der Waals surface area contributed by atoms with Gasteiger partial charge in [0.25, 0.3) is 0 Å². The minimum Gasteiger partial charge on any atom is -0.406 e. The predicted molar refractivity (Wildman–Crippen MR) is 72.0 cm³/mol. The summed E-state index contributed by atoms with van der Waals surface area (Å²) in [5.41, 5.74) is 2.52. The maximum absolute atomic E-state index is 12.3. The van der Waals surface area contributed by atoms with E-state index in [9.17, 15) is 13.2 Å². The third-order valence-corrected chi connectivity index (χ3v) is 3.30. The summed E-state index contributed by atoms with van der Waals surface area (Å²) in [7, 11) is 3.56. The number of halogens is 3. The average Bonchev–Trinajstić information content (AvgIpc) is 2.71. The first-order chi connectivity index (χ1) is 9.81. The molecule has 0 radical (unpaired) electrons. The molecule has 0 amide bonds. The molecule has 7 heteroatoms. The Kier molecular flexibility index (Phi) is 4.22. The minimum atomic E-state index is -4.70. The van der Waals surface area contributed by atoms with Crippen LogP contribution in [0.5, 0.6) is 5.75 Å². The molecule has 2 rings (SSSR count). The number of aromatic nitrogens is 2. The van der Waals surface area contributed by atoms with E-state index in [1.54, 1.807) is 24.0 Å². The highest BCUT2D eigenvalue weighted by atomic mass is 19.4. The fraction of sp³-hybridized carbons (Fsp3) is 0.357. The highest BCUT2D eigenvalue weighted by Gasteiger charge is 2.31. The van der Waals surface area contributed by atoms with Crippen molar-refractivity contribution >= 4 is 0 Å². The molecule has 0 saturated heterocycles. The topological polar surface area (TPSA) is 39.1 Å². The Morgan fingerprint density at radius 1 is 1.33 bits per heavy atom. The lowest BCUT2D eigenvalue weighted by Crippen LogP contribution is -2.20. The van der Waals surface area contributed by atoms with E-state index < -0.39 is 6.36 Å². The SMILES string of the molecule is CNC(c1cccc(OC(F)(F)F)c1)c1cnn(C)c1C. The molecule has 0 bridgehead atoms. The van der Waals surface area contributed by atoms with Gasteiger partial charge in [0.05, 0.1) is 12.2 Å². The molecule has 4 nitrogen and oxygen atoms in total. The molecule has 0 spiro atoms. The molecule has 21 heavy (non-hydrogen) atoms. The number of rotatable bonds is 4. The van der Waals surface area contributed by atoms with Crippen LogP contribution >= 0.6 is 0 Å². The standard InChI is InChI=1S/C14H16F3N3O/c1-9-12(8-19-20(9)3)13(18-2)10-5-4-6-11(7-10)21-14(15,16)17/h4-8,13,18H,1-3H3. The monoisotopic (exact) mass is 299 g/mol. The van der Waals surface area contributed by atoms with Crippen molar-refractivity contribution in [2.75, 3.05) is 7.05 Å². The van der Waals surface area contributed by atoms with E-state index in [0.29, 0.717) is 5.56 Å². The van der Waals surface area contributed by atoms with Crippen LogP contribution in [0.1, 0.15) is 22.9 Å². The largest absolute Gasteiger partial charge is 0.573 e. The van der Waals surface area contributed by atoms with E-state index in [0.717, 1.165) is 11.3 Å². The summed E-state index contributed by atoms with van der Waals surface area (Å²) in [6.07, 6.45) is -2.99. The Morgan fingerprint density at radius 3 is 2.57 bits per heavy atom. The molecule has 114 valence electrons. The lowest BCUT2D eigenvalue weighted by atomic mass is 9.99. The molecular weight excluding hydrogens is 283 g/mol. The van der Waals surface area contributed by atoms with Gasteiger partial charge in [-0.2, -0.15) is 5.10 Å². The maximum Gasteiger partial charge on any atom is 0.573 e. The number of nitrogens with one attached hydrogen (secondary N) is 1. The third-order valence-electron chi connectivity index (χ3n) is 3.30. The lowest BCUT2D eigenvalue weighted by molar-refractivity contribution is -0.274. The molecule has 0 aliphatic heterocycles. The van der Waals surface area contributed by atoms with Gasteiger partial charge in [0.15, 0.2) is 0 Å². The number of benzene rings is 1. The highest BCUT2D eigenvalue weighted by molar-refractivity contribution is 5.37. The Labute approximate surface area is 120 Å². The van der Waals surface area contributed by atoms with Gasteiger partial charge in [0.2, 0.25) is 0 Å². The zero-order valence-corrected chi connectivity index (χ0v) is 11.9. The second-order valence-corrected chi connectivity index (χ2v) is 4.65. The van der Waals surface area contributed by atoms with Crippen molar-refractivity contribution in [1.29, 1.82) is 0 Å². The van der Waals surface area contributed by atoms with E-state index in [4.69, 9.17) is 0 Å². The van der Waals surface area contributed by atoms with Gasteiger partial charge < -0.3 is 10.1 Å². The first-order valence-electron chi connectivity index (χ1n) is 6.33. The van der Waals surface area contributed by atoms with Crippen molar-refractivity contribution < 1.29 is 17.9 Å². The van der Waals surface area contributed by atoms with Gasteiger partial charge in [-0.1, -0.05) is 12.1 Å². The zero-order valence-electron chi connectivity index (χ0n) is 11.9. The van der Waals surface area contributed by atoms with Crippen LogP contribution in [0.25, 0.3) is 0 Å². The fourth-order valence-electron chi connectivity index (χ4n) is 2.19. The Bertz CT molecular complexity index is 622. The van der Waals surface area contributed by atoms with Crippen LogP contribution in [0.3, 0.4) is 0 Å². The van der Waals surface area contributed by atoms with Crippen LogP contribution in [0.4, 0.5) is 13.2 Å². The number of nitrogens with zero attached hydrogens (tertiary/aromatic N) is 2. The van der Waals surface area contributed by atoms with E-state index in [-0.39, 0.29) is 11.8 Å². The summed E-state index contributed by atoms with van der Waals surface area (Å²) < 4.78 is 42.6. The second kappa shape index (κ2) is 5.77. The second-order valence-electron chi connectivity index (χ2n) is 4.65. The smallest absolute Gasteiger partial charge is 0.406 e. The van der Waals surface area contributed by atoms with Gasteiger partial charge in [-0.3, -0.25) is 4.68 Å². The molecule has 0 fully saturated rings. The molecule has 1 aromatic carbocycles. The van der Waals surface area contributed by atoms with Crippen molar-refractivity contribution in [3.8, 4) is 5.75 Å². The van der Waals surface area contributed by atoms with Gasteiger partial charge in [-0.15, -0.1) is 13.2 Å². The Balaban J connectivity index is 2.35. The summed E-state index contributed by atoms with van der Waals surface area (Å²) in [5, 5.41) is 7.25. The normalized spacial score (nSPS) is 13.2. The molecule has 1 unspecified atom stereocenters. The summed E-state index contributed by atoms with van der Waals surface area (Å²) in [5.74, 6) is -0.234. The summed E-state index contributed by atoms with van der Waals surface area (Å²) in [6, 6.07) is 5.68. The lowest BCUT2D eigenvalue weighted by Gasteiger charge is -2.18. The first-order valence-corrected chi connectivity index (χ1v) is 6.33. The number of hydrogen-bond acceptors (Lipinski definition) is 3. The van der Waals surface area contributed by atoms with Gasteiger partial charge in [0.1, 0.15) is 5.75 Å². The molecule has 0 aliphatic rings. The fourth-order valence-corrected chi connectivity index (χ4v) is 2.19. The Morgan fingerprint density at radius 2 is 2.05 bits per heavy atom. The van der Waals surface area contributed by atoms with E-state index in [1.165, 1.54) is 18.2 Å². The van der Waals surface area contributed by atoms with Gasteiger partial charge in [-0.05, 0) is 31.7 Å². The molecule has 1 aromatic heterocycles. The number of aryl methyl sites for hydroxylation is 1. The minimum absolute atomic E-state index is 0.234. The number of hydrogen-bond donors (Lipinski definition) is 1. The maximum atomic E-state index is 12.3. The molecule has 2 aromatic rings. The molecule has 1 atom stereocenters. The molecule has 0 saturated carbocycles. The van der Waals surface area contributed by atoms with Crippen LogP contribution in [0.15, 0.2) is 30.5 Å². The summed E-state index contributed by atoms with van der Waals surface area (Å²) in [4.78, 5) is 0. The van der Waals surface area contributed by atoms with Crippen molar-refractivity contribution in [2.45, 2.75) is 19.3 Å². The van der Waals surface area contributed by atoms with Crippen molar-refractivity contribution in [3.05, 3.63) is 47.3 Å². The molecule has 1 N–H and O–H groups in total. The summed E-state index contributed by atoms with van der Waals surface area (Å²) >= 11 is 0. The quantitative estimate of drug-likeness (QED) is 0.943. The van der Waals surface area contributed by atoms with Crippen LogP contribution in [-0.4, -0.2) is 23.2 Å². The van der Waals surface area contributed by atoms with Crippen LogP contribution in [0.2, 0.25) is 0 Å². The van der Waals surface area contributed by atoms with Crippen molar-refractivity contribution in [1.82, 2.24) is 15.1 Å². The van der Waals surface area contributed by atoms with Crippen molar-refractivity contribution in [2.24, 2.45) is 7.05 Å². The molecule has 0 aliphatic carbocycles. The third kappa shape index (κ3) is 3.55. The van der Waals surface area contributed by atoms with E-state index >= 15 is 0 Å². The van der Waals surface area contributed by atoms with E-state index in [1.807, 2.05) is 14.0 Å². The number of ether oxygens (including phenoxy) is 1. The summed E-state index contributed by atoms with van der Waals surface area (Å²) in [6.45, 7) is 1.91. The predicted octanol–water partition coefficient (Wildman–Crippen LogP) is 2.94. The van der Waals surface area contributed by atoms with Crippen LogP contribution in [0, 0.1) is 6.92 Å².